The van der Waals surface area contributed by atoms with Crippen LogP contribution in [0.2, 0.25) is 0 Å². The van der Waals surface area contributed by atoms with Crippen molar-refractivity contribution in [3.05, 3.63) is 182 Å². The molecule has 2 aromatic heterocycles. The lowest BCUT2D eigenvalue weighted by atomic mass is 9.85. The number of fused-ring (bicyclic) bond motifs is 10. The van der Waals surface area contributed by atoms with Gasteiger partial charge < -0.3 is 9.13 Å². The van der Waals surface area contributed by atoms with Gasteiger partial charge >= 0.3 is 0 Å². The largest absolute Gasteiger partial charge is 0.341 e. The Hall–Kier alpha value is -7.16. The van der Waals surface area contributed by atoms with E-state index in [2.05, 4.69) is 205 Å². The van der Waals surface area contributed by atoms with E-state index in [1.54, 1.807) is 0 Å². The van der Waals surface area contributed by atoms with Crippen LogP contribution in [-0.4, -0.2) is 9.13 Å². The summed E-state index contributed by atoms with van der Waals surface area (Å²) in [5, 5.41) is 15.3. The molecule has 0 atom stereocenters. The van der Waals surface area contributed by atoms with Crippen LogP contribution in [0.15, 0.2) is 182 Å². The first kappa shape index (κ1) is 33.0. The SMILES string of the molecule is CCn1c2ccccc2c2cc(-c3cccc4c(-c5ccc6cc7ccccc7cc6c5)c5cccc(-c6ccc7c(c6)c6ccccc6n7CC)c5cc34)ccc21. The molecule has 0 spiro atoms. The van der Waals surface area contributed by atoms with Gasteiger partial charge in [-0.15, -0.1) is 0 Å². The van der Waals surface area contributed by atoms with Crippen molar-refractivity contribution in [3.63, 3.8) is 0 Å². The minimum atomic E-state index is 0.933. The number of aromatic nitrogens is 2. The first-order chi connectivity index (χ1) is 28.7. The van der Waals surface area contributed by atoms with E-state index in [1.165, 1.54) is 120 Å². The maximum atomic E-state index is 2.48. The molecule has 12 rings (SSSR count). The Balaban J connectivity index is 1.16. The van der Waals surface area contributed by atoms with E-state index in [1.807, 2.05) is 0 Å². The van der Waals surface area contributed by atoms with Gasteiger partial charge in [0, 0.05) is 56.7 Å². The maximum absolute atomic E-state index is 2.48. The third kappa shape index (κ3) is 4.79. The second kappa shape index (κ2) is 12.7. The van der Waals surface area contributed by atoms with E-state index in [0.29, 0.717) is 0 Å². The van der Waals surface area contributed by atoms with Gasteiger partial charge in [0.05, 0.1) is 0 Å². The van der Waals surface area contributed by atoms with Gasteiger partial charge in [0.25, 0.3) is 0 Å². The highest BCUT2D eigenvalue weighted by Gasteiger charge is 2.19. The van der Waals surface area contributed by atoms with E-state index in [-0.39, 0.29) is 0 Å². The third-order valence-corrected chi connectivity index (χ3v) is 12.8. The molecule has 0 saturated carbocycles. The summed E-state index contributed by atoms with van der Waals surface area (Å²) in [4.78, 5) is 0. The Kier molecular flexibility index (Phi) is 7.22. The Morgan fingerprint density at radius 3 is 1.29 bits per heavy atom. The minimum Gasteiger partial charge on any atom is -0.341 e. The predicted octanol–water partition coefficient (Wildman–Crippen LogP) is 15.6. The van der Waals surface area contributed by atoms with E-state index in [9.17, 15) is 0 Å². The molecule has 2 nitrogen and oxygen atoms in total. The zero-order valence-corrected chi connectivity index (χ0v) is 32.6. The summed E-state index contributed by atoms with van der Waals surface area (Å²) < 4.78 is 4.88. The molecule has 0 unspecified atom stereocenters. The topological polar surface area (TPSA) is 9.86 Å². The van der Waals surface area contributed by atoms with Crippen LogP contribution in [-0.2, 0) is 13.1 Å². The van der Waals surface area contributed by atoms with Gasteiger partial charge in [-0.3, -0.25) is 0 Å². The lowest BCUT2D eigenvalue weighted by molar-refractivity contribution is 0.827. The van der Waals surface area contributed by atoms with Gasteiger partial charge in [0.1, 0.15) is 0 Å². The predicted molar refractivity (Wildman–Crippen MR) is 250 cm³/mol. The van der Waals surface area contributed by atoms with Crippen molar-refractivity contribution in [2.75, 3.05) is 0 Å². The van der Waals surface area contributed by atoms with Gasteiger partial charge in [-0.25, -0.2) is 0 Å². The molecule has 0 saturated heterocycles. The van der Waals surface area contributed by atoms with Crippen molar-refractivity contribution in [1.82, 2.24) is 9.13 Å². The van der Waals surface area contributed by atoms with Crippen molar-refractivity contribution in [2.45, 2.75) is 26.9 Å². The molecule has 0 amide bonds. The van der Waals surface area contributed by atoms with Crippen LogP contribution >= 0.6 is 0 Å². The highest BCUT2D eigenvalue weighted by atomic mass is 15.0. The normalized spacial score (nSPS) is 12.1. The molecular formula is C56H40N2. The molecule has 10 aromatic carbocycles. The molecule has 0 aliphatic heterocycles. The summed E-state index contributed by atoms with van der Waals surface area (Å²) in [6.45, 7) is 6.34. The zero-order chi connectivity index (χ0) is 38.5. The fraction of sp³-hybridized carbons (Fsp3) is 0.0714. The zero-order valence-electron chi connectivity index (χ0n) is 32.6. The number of para-hydroxylation sites is 2. The molecule has 0 aliphatic rings. The van der Waals surface area contributed by atoms with Crippen molar-refractivity contribution in [2.24, 2.45) is 0 Å². The smallest absolute Gasteiger partial charge is 0.0491 e. The molecule has 0 bridgehead atoms. The number of benzene rings is 10. The van der Waals surface area contributed by atoms with Gasteiger partial charge in [-0.2, -0.15) is 0 Å². The van der Waals surface area contributed by atoms with Crippen LogP contribution in [0, 0.1) is 0 Å². The summed E-state index contributed by atoms with van der Waals surface area (Å²) >= 11 is 0. The quantitative estimate of drug-likeness (QED) is 0.156. The maximum Gasteiger partial charge on any atom is 0.0491 e. The fourth-order valence-corrected chi connectivity index (χ4v) is 10.2. The molecule has 0 aliphatic carbocycles. The van der Waals surface area contributed by atoms with Gasteiger partial charge in [-0.1, -0.05) is 121 Å². The summed E-state index contributed by atoms with van der Waals surface area (Å²) in [6, 6.07) is 68.5. The van der Waals surface area contributed by atoms with Gasteiger partial charge in [0.2, 0.25) is 0 Å². The Morgan fingerprint density at radius 2 is 0.741 bits per heavy atom. The molecule has 12 aromatic rings. The average molecular weight is 741 g/mol. The van der Waals surface area contributed by atoms with Crippen LogP contribution < -0.4 is 0 Å². The van der Waals surface area contributed by atoms with Gasteiger partial charge in [-0.05, 0) is 151 Å². The first-order valence-corrected chi connectivity index (χ1v) is 20.6. The summed E-state index contributed by atoms with van der Waals surface area (Å²) in [5.41, 5.74) is 12.6. The van der Waals surface area contributed by atoms with Crippen LogP contribution in [0.1, 0.15) is 13.8 Å². The number of hydrogen-bond donors (Lipinski definition) is 0. The molecule has 2 heterocycles. The molecular weight excluding hydrogens is 701 g/mol. The van der Waals surface area contributed by atoms with E-state index < -0.39 is 0 Å². The molecule has 0 N–H and O–H groups in total. The van der Waals surface area contributed by atoms with Crippen LogP contribution in [0.3, 0.4) is 0 Å². The minimum absolute atomic E-state index is 0.933. The second-order valence-electron chi connectivity index (χ2n) is 15.8. The summed E-state index contributed by atoms with van der Waals surface area (Å²) in [5.74, 6) is 0. The average Bonchev–Trinajstić information content (AvgIpc) is 3.78. The number of hydrogen-bond acceptors (Lipinski definition) is 0. The Bertz CT molecular complexity index is 3470. The van der Waals surface area contributed by atoms with Crippen LogP contribution in [0.5, 0.6) is 0 Å². The van der Waals surface area contributed by atoms with E-state index in [0.717, 1.165) is 13.1 Å². The Labute approximate surface area is 336 Å². The molecule has 0 fully saturated rings. The van der Waals surface area contributed by atoms with Crippen LogP contribution in [0.4, 0.5) is 0 Å². The standard InChI is InChI=1S/C56H40N2/c1-3-57-52-21-9-7-15-44(52)50-32-38(25-27-54(50)57)42-17-11-19-46-48(42)34-49-43(39-26-28-55-51(33-39)45-16-8-10-22-53(45)58(55)4-2)18-12-20-47(49)56(46)40-24-23-37-29-35-13-5-6-14-36(35)30-41(37)31-40/h5-34H,3-4H2,1-2H3. The van der Waals surface area contributed by atoms with Crippen molar-refractivity contribution in [1.29, 1.82) is 0 Å². The lowest BCUT2D eigenvalue weighted by Crippen LogP contribution is -1.93. The number of aryl methyl sites for hydroxylation is 2. The van der Waals surface area contributed by atoms with Crippen molar-refractivity contribution >= 4 is 86.7 Å². The lowest BCUT2D eigenvalue weighted by Gasteiger charge is -2.18. The van der Waals surface area contributed by atoms with E-state index in [4.69, 9.17) is 0 Å². The van der Waals surface area contributed by atoms with Gasteiger partial charge in [0.15, 0.2) is 0 Å². The van der Waals surface area contributed by atoms with E-state index >= 15 is 0 Å². The first-order valence-electron chi connectivity index (χ1n) is 20.6. The monoisotopic (exact) mass is 740 g/mol. The fourth-order valence-electron chi connectivity index (χ4n) is 10.2. The number of rotatable bonds is 5. The highest BCUT2D eigenvalue weighted by molar-refractivity contribution is 6.21. The summed E-state index contributed by atoms with van der Waals surface area (Å²) in [6.07, 6.45) is 0. The van der Waals surface area contributed by atoms with Crippen molar-refractivity contribution < 1.29 is 0 Å². The molecule has 58 heavy (non-hydrogen) atoms. The highest BCUT2D eigenvalue weighted by Crippen LogP contribution is 2.45. The molecule has 274 valence electrons. The molecule has 2 heteroatoms. The Morgan fingerprint density at radius 1 is 0.293 bits per heavy atom. The third-order valence-electron chi connectivity index (χ3n) is 12.8. The van der Waals surface area contributed by atoms with Crippen LogP contribution in [0.25, 0.3) is 120 Å². The number of nitrogens with zero attached hydrogens (tertiary/aromatic N) is 2. The van der Waals surface area contributed by atoms with Crippen molar-refractivity contribution in [3.8, 4) is 33.4 Å². The second-order valence-corrected chi connectivity index (χ2v) is 15.8. The molecule has 0 radical (unpaired) electrons. The summed E-state index contributed by atoms with van der Waals surface area (Å²) in [7, 11) is 0.